The molecule has 24 heavy (non-hydrogen) atoms. The van der Waals surface area contributed by atoms with Crippen LogP contribution in [0, 0.1) is 5.82 Å². The van der Waals surface area contributed by atoms with E-state index in [1.54, 1.807) is 26.8 Å². The van der Waals surface area contributed by atoms with E-state index >= 15 is 0 Å². The van der Waals surface area contributed by atoms with Gasteiger partial charge < -0.3 is 14.0 Å². The van der Waals surface area contributed by atoms with Gasteiger partial charge in [-0.3, -0.25) is 5.32 Å². The van der Waals surface area contributed by atoms with Crippen LogP contribution in [0.25, 0.3) is 0 Å². The molecule has 1 saturated heterocycles. The molecule has 2 rings (SSSR count). The van der Waals surface area contributed by atoms with Crippen LogP contribution in [0.5, 0.6) is 0 Å². The minimum absolute atomic E-state index is 0.0245. The molecule has 0 unspecified atom stereocenters. The van der Waals surface area contributed by atoms with E-state index in [-0.39, 0.29) is 5.69 Å². The van der Waals surface area contributed by atoms with Gasteiger partial charge in [0.2, 0.25) is 0 Å². The van der Waals surface area contributed by atoms with Crippen molar-refractivity contribution in [2.45, 2.75) is 65.3 Å². The van der Waals surface area contributed by atoms with Gasteiger partial charge in [0.05, 0.1) is 16.9 Å². The van der Waals surface area contributed by atoms with Crippen molar-refractivity contribution in [1.82, 2.24) is 0 Å². The Hall–Kier alpha value is -1.60. The van der Waals surface area contributed by atoms with Crippen LogP contribution >= 0.6 is 0 Å². The lowest BCUT2D eigenvalue weighted by molar-refractivity contribution is 0.00578. The highest BCUT2D eigenvalue weighted by molar-refractivity contribution is 6.62. The molecule has 0 aliphatic carbocycles. The maximum absolute atomic E-state index is 14.0. The van der Waals surface area contributed by atoms with E-state index < -0.39 is 35.8 Å². The molecule has 1 N–H and O–H groups in total. The summed E-state index contributed by atoms with van der Waals surface area (Å²) in [5.41, 5.74) is -1.00. The van der Waals surface area contributed by atoms with Crippen LogP contribution in [0.15, 0.2) is 18.2 Å². The molecular formula is C17H25BFNO4. The molecule has 1 fully saturated rings. The fraction of sp³-hybridized carbons (Fsp3) is 0.588. The highest BCUT2D eigenvalue weighted by Crippen LogP contribution is 2.36. The predicted octanol–water partition coefficient (Wildman–Crippen LogP) is 3.47. The molecule has 7 heteroatoms. The predicted molar refractivity (Wildman–Crippen MR) is 92.0 cm³/mol. The molecule has 1 aromatic carbocycles. The molecule has 132 valence electrons. The minimum atomic E-state index is -0.715. The van der Waals surface area contributed by atoms with Crippen LogP contribution in [0.2, 0.25) is 0 Å². The van der Waals surface area contributed by atoms with Crippen LogP contribution in [0.3, 0.4) is 0 Å². The van der Waals surface area contributed by atoms with E-state index in [1.807, 2.05) is 27.7 Å². The van der Waals surface area contributed by atoms with Crippen LogP contribution in [0.4, 0.5) is 14.9 Å². The van der Waals surface area contributed by atoms with Gasteiger partial charge in [0.15, 0.2) is 0 Å². The van der Waals surface area contributed by atoms with Crippen molar-refractivity contribution < 1.29 is 23.2 Å². The summed E-state index contributed by atoms with van der Waals surface area (Å²) in [4.78, 5) is 11.9. The number of benzene rings is 1. The zero-order valence-corrected chi connectivity index (χ0v) is 15.3. The van der Waals surface area contributed by atoms with Crippen LogP contribution in [-0.4, -0.2) is 30.0 Å². The van der Waals surface area contributed by atoms with Crippen molar-refractivity contribution in [2.75, 3.05) is 5.32 Å². The van der Waals surface area contributed by atoms with Crippen LogP contribution in [0.1, 0.15) is 48.5 Å². The van der Waals surface area contributed by atoms with Crippen LogP contribution in [-0.2, 0) is 14.0 Å². The second kappa shape index (κ2) is 6.04. The molecule has 0 radical (unpaired) electrons. The smallest absolute Gasteiger partial charge is 0.444 e. The van der Waals surface area contributed by atoms with Crippen molar-refractivity contribution in [2.24, 2.45) is 0 Å². The molecule has 0 aromatic heterocycles. The molecule has 5 nitrogen and oxygen atoms in total. The lowest BCUT2D eigenvalue weighted by Crippen LogP contribution is -2.41. The highest BCUT2D eigenvalue weighted by atomic mass is 19.1. The average molecular weight is 337 g/mol. The summed E-state index contributed by atoms with van der Waals surface area (Å²) in [6, 6.07) is 4.35. The number of hydrogen-bond acceptors (Lipinski definition) is 4. The summed E-state index contributed by atoms with van der Waals surface area (Å²) in [5.74, 6) is -0.555. The number of carbonyl (C=O) groups excluding carboxylic acids is 1. The zero-order chi connectivity index (χ0) is 18.3. The molecule has 0 spiro atoms. The molecule has 0 atom stereocenters. The molecular weight excluding hydrogens is 312 g/mol. The summed E-state index contributed by atoms with van der Waals surface area (Å²) in [6.45, 7) is 13.0. The third kappa shape index (κ3) is 4.08. The maximum atomic E-state index is 14.0. The van der Waals surface area contributed by atoms with Gasteiger partial charge in [-0.15, -0.1) is 0 Å². The minimum Gasteiger partial charge on any atom is -0.444 e. The first-order chi connectivity index (χ1) is 10.8. The second-order valence-corrected chi connectivity index (χ2v) is 7.95. The Labute approximate surface area is 143 Å². The van der Waals surface area contributed by atoms with Gasteiger partial charge in [0.1, 0.15) is 11.4 Å². The monoisotopic (exact) mass is 337 g/mol. The van der Waals surface area contributed by atoms with E-state index in [1.165, 1.54) is 12.1 Å². The van der Waals surface area contributed by atoms with Gasteiger partial charge in [-0.25, -0.2) is 9.18 Å². The Morgan fingerprint density at radius 2 is 1.71 bits per heavy atom. The number of ether oxygens (including phenoxy) is 1. The third-order valence-electron chi connectivity index (χ3n) is 4.15. The molecule has 1 aromatic rings. The first-order valence-corrected chi connectivity index (χ1v) is 7.96. The summed E-state index contributed by atoms with van der Waals surface area (Å²) in [5, 5.41) is 2.42. The van der Waals surface area contributed by atoms with Gasteiger partial charge in [-0.2, -0.15) is 0 Å². The van der Waals surface area contributed by atoms with E-state index in [4.69, 9.17) is 14.0 Å². The standard InChI is InChI=1S/C17H25BFNO4/c1-15(2,3)22-14(21)20-13-10-11(8-9-12(13)19)18-23-16(4,5)17(6,7)24-18/h8-10H,1-7H3,(H,20,21). The quantitative estimate of drug-likeness (QED) is 0.840. The fourth-order valence-corrected chi connectivity index (χ4v) is 2.18. The lowest BCUT2D eigenvalue weighted by atomic mass is 9.79. The molecule has 1 heterocycles. The molecule has 1 aliphatic heterocycles. The number of anilines is 1. The lowest BCUT2D eigenvalue weighted by Gasteiger charge is -2.32. The largest absolute Gasteiger partial charge is 0.494 e. The number of rotatable bonds is 2. The van der Waals surface area contributed by atoms with E-state index in [0.29, 0.717) is 5.46 Å². The second-order valence-electron chi connectivity index (χ2n) is 7.95. The van der Waals surface area contributed by atoms with Gasteiger partial charge in [-0.05, 0) is 66.1 Å². The van der Waals surface area contributed by atoms with Crippen molar-refractivity contribution in [1.29, 1.82) is 0 Å². The van der Waals surface area contributed by atoms with Crippen molar-refractivity contribution >= 4 is 24.4 Å². The topological polar surface area (TPSA) is 56.8 Å². The summed E-state index contributed by atoms with van der Waals surface area (Å²) >= 11 is 0. The molecule has 1 aliphatic rings. The van der Waals surface area contributed by atoms with Crippen molar-refractivity contribution in [3.05, 3.63) is 24.0 Å². The Balaban J connectivity index is 2.19. The number of amides is 1. The molecule has 0 saturated carbocycles. The first kappa shape index (κ1) is 18.7. The first-order valence-electron chi connectivity index (χ1n) is 7.96. The van der Waals surface area contributed by atoms with E-state index in [9.17, 15) is 9.18 Å². The van der Waals surface area contributed by atoms with Crippen molar-refractivity contribution in [3.63, 3.8) is 0 Å². The number of hydrogen-bond donors (Lipinski definition) is 1. The highest BCUT2D eigenvalue weighted by Gasteiger charge is 2.51. The van der Waals surface area contributed by atoms with E-state index in [2.05, 4.69) is 5.32 Å². The summed E-state index contributed by atoms with van der Waals surface area (Å²) < 4.78 is 31.0. The van der Waals surface area contributed by atoms with Crippen molar-refractivity contribution in [3.8, 4) is 0 Å². The van der Waals surface area contributed by atoms with Gasteiger partial charge in [-0.1, -0.05) is 6.07 Å². The Bertz CT molecular complexity index is 624. The summed E-state index contributed by atoms with van der Waals surface area (Å²) in [6.07, 6.45) is -0.715. The number of carbonyl (C=O) groups is 1. The Kier molecular flexibility index (Phi) is 4.72. The zero-order valence-electron chi connectivity index (χ0n) is 15.3. The SMILES string of the molecule is CC(C)(C)OC(=O)Nc1cc(B2OC(C)(C)C(C)(C)O2)ccc1F. The normalized spacial score (nSPS) is 19.2. The van der Waals surface area contributed by atoms with E-state index in [0.717, 1.165) is 0 Å². The number of nitrogens with one attached hydrogen (secondary N) is 1. The molecule has 0 bridgehead atoms. The maximum Gasteiger partial charge on any atom is 0.494 e. The third-order valence-corrected chi connectivity index (χ3v) is 4.15. The van der Waals surface area contributed by atoms with Gasteiger partial charge in [0.25, 0.3) is 0 Å². The molecule has 1 amide bonds. The number of halogens is 1. The van der Waals surface area contributed by atoms with Crippen LogP contribution < -0.4 is 10.8 Å². The average Bonchev–Trinajstić information content (AvgIpc) is 2.59. The fourth-order valence-electron chi connectivity index (χ4n) is 2.18. The Morgan fingerprint density at radius 3 is 2.21 bits per heavy atom. The van der Waals surface area contributed by atoms with Gasteiger partial charge in [0, 0.05) is 0 Å². The summed E-state index contributed by atoms with van der Waals surface area (Å²) in [7, 11) is -0.630. The van der Waals surface area contributed by atoms with Gasteiger partial charge >= 0.3 is 13.2 Å². The Morgan fingerprint density at radius 1 is 1.17 bits per heavy atom.